The summed E-state index contributed by atoms with van der Waals surface area (Å²) < 4.78 is 12.8. The molecule has 1 fully saturated rings. The summed E-state index contributed by atoms with van der Waals surface area (Å²) in [4.78, 5) is 35.0. The molecule has 1 aromatic rings. The Morgan fingerprint density at radius 3 is 2.42 bits per heavy atom. The van der Waals surface area contributed by atoms with Crippen LogP contribution in [0.4, 0.5) is 4.39 Å². The van der Waals surface area contributed by atoms with E-state index in [0.29, 0.717) is 5.56 Å². The first kappa shape index (κ1) is 13.2. The molecule has 0 saturated carbocycles. The highest BCUT2D eigenvalue weighted by Gasteiger charge is 2.36. The van der Waals surface area contributed by atoms with E-state index in [9.17, 15) is 23.9 Å². The number of carbonyl (C=O) groups is 3. The molecule has 0 aliphatic carbocycles. The maximum absolute atomic E-state index is 12.8. The number of ketones is 1. The van der Waals surface area contributed by atoms with Gasteiger partial charge in [0.25, 0.3) is 0 Å². The molecule has 0 spiro atoms. The Kier molecular flexibility index (Phi) is 3.59. The van der Waals surface area contributed by atoms with Gasteiger partial charge in [0.2, 0.25) is 5.91 Å². The van der Waals surface area contributed by atoms with Crippen LogP contribution in [0.25, 0.3) is 0 Å². The number of benzene rings is 1. The molecule has 1 aliphatic heterocycles. The Morgan fingerprint density at radius 2 is 1.95 bits per heavy atom. The zero-order chi connectivity index (χ0) is 14.0. The number of nitrogens with zero attached hydrogens (tertiary/aromatic N) is 1. The van der Waals surface area contributed by atoms with Crippen LogP contribution >= 0.6 is 0 Å². The van der Waals surface area contributed by atoms with E-state index in [1.807, 2.05) is 0 Å². The molecular weight excluding hydrogens is 253 g/mol. The molecule has 100 valence electrons. The number of rotatable bonds is 4. The summed E-state index contributed by atoms with van der Waals surface area (Å²) in [6.45, 7) is -0.170. The SMILES string of the molecule is O=C1CC(=O)N([C@@H](Cc2ccc(F)cc2)C(=O)O)C1. The van der Waals surface area contributed by atoms with E-state index in [-0.39, 0.29) is 25.2 Å². The lowest BCUT2D eigenvalue weighted by Gasteiger charge is -2.23. The van der Waals surface area contributed by atoms with Crippen molar-refractivity contribution >= 4 is 17.7 Å². The fourth-order valence-electron chi connectivity index (χ4n) is 2.06. The number of aliphatic carboxylic acids is 1. The monoisotopic (exact) mass is 265 g/mol. The van der Waals surface area contributed by atoms with Crippen LogP contribution in [0.1, 0.15) is 12.0 Å². The standard InChI is InChI=1S/C13H12FNO4/c14-9-3-1-8(2-4-9)5-11(13(18)19)15-7-10(16)6-12(15)17/h1-4,11H,5-7H2,(H,18,19)/t11-/m0/s1. The number of carboxylic acids is 1. The number of halogens is 1. The summed E-state index contributed by atoms with van der Waals surface area (Å²) in [5.41, 5.74) is 0.598. The van der Waals surface area contributed by atoms with Gasteiger partial charge in [-0.2, -0.15) is 0 Å². The summed E-state index contributed by atoms with van der Waals surface area (Å²) in [5, 5.41) is 9.17. The number of hydrogen-bond donors (Lipinski definition) is 1. The van der Waals surface area contributed by atoms with Crippen molar-refractivity contribution in [1.29, 1.82) is 0 Å². The van der Waals surface area contributed by atoms with Gasteiger partial charge in [0.1, 0.15) is 11.9 Å². The molecule has 1 N–H and O–H groups in total. The Bertz CT molecular complexity index is 526. The molecule has 2 rings (SSSR count). The van der Waals surface area contributed by atoms with Crippen LogP contribution in [-0.2, 0) is 20.8 Å². The van der Waals surface area contributed by atoms with Crippen molar-refractivity contribution in [3.05, 3.63) is 35.6 Å². The Balaban J connectivity index is 2.17. The van der Waals surface area contributed by atoms with Crippen molar-refractivity contribution in [1.82, 2.24) is 4.90 Å². The molecule has 0 unspecified atom stereocenters. The summed E-state index contributed by atoms with van der Waals surface area (Å²) >= 11 is 0. The van der Waals surface area contributed by atoms with Crippen LogP contribution in [0.3, 0.4) is 0 Å². The molecule has 0 bridgehead atoms. The topological polar surface area (TPSA) is 74.7 Å². The molecule has 1 atom stereocenters. The van der Waals surface area contributed by atoms with Crippen LogP contribution < -0.4 is 0 Å². The summed E-state index contributed by atoms with van der Waals surface area (Å²) in [6, 6.07) is 4.29. The minimum absolute atomic E-state index is 0.0502. The molecule has 1 aromatic carbocycles. The van der Waals surface area contributed by atoms with Crippen LogP contribution in [0.15, 0.2) is 24.3 Å². The van der Waals surface area contributed by atoms with Gasteiger partial charge >= 0.3 is 5.97 Å². The third kappa shape index (κ3) is 2.96. The van der Waals surface area contributed by atoms with Gasteiger partial charge in [0, 0.05) is 6.42 Å². The first-order valence-electron chi connectivity index (χ1n) is 5.76. The average Bonchev–Trinajstić information content (AvgIpc) is 2.67. The maximum atomic E-state index is 12.8. The summed E-state index contributed by atoms with van der Waals surface area (Å²) in [6.07, 6.45) is -0.193. The second-order valence-electron chi connectivity index (χ2n) is 4.42. The lowest BCUT2D eigenvalue weighted by molar-refractivity contribution is -0.148. The number of amides is 1. The van der Waals surface area contributed by atoms with Gasteiger partial charge in [0.05, 0.1) is 13.0 Å². The number of Topliss-reactive ketones (excluding diaryl/α,β-unsaturated/α-hetero) is 1. The normalized spacial score (nSPS) is 16.8. The van der Waals surface area contributed by atoms with E-state index in [1.54, 1.807) is 0 Å². The highest BCUT2D eigenvalue weighted by atomic mass is 19.1. The number of likely N-dealkylation sites (tertiary alicyclic amines) is 1. The number of carbonyl (C=O) groups excluding carboxylic acids is 2. The van der Waals surface area contributed by atoms with Crippen LogP contribution in [0, 0.1) is 5.82 Å². The number of hydrogen-bond acceptors (Lipinski definition) is 3. The minimum atomic E-state index is -1.17. The molecule has 1 heterocycles. The quantitative estimate of drug-likeness (QED) is 0.810. The lowest BCUT2D eigenvalue weighted by Crippen LogP contribution is -2.43. The molecular formula is C13H12FNO4. The number of carboxylic acid groups (broad SMARTS) is 1. The Labute approximate surface area is 108 Å². The van der Waals surface area contributed by atoms with Crippen molar-refractivity contribution in [2.75, 3.05) is 6.54 Å². The molecule has 1 amide bonds. The summed E-state index contributed by atoms with van der Waals surface area (Å²) in [7, 11) is 0. The van der Waals surface area contributed by atoms with Gasteiger partial charge in [0.15, 0.2) is 5.78 Å². The fraction of sp³-hybridized carbons (Fsp3) is 0.308. The molecule has 1 saturated heterocycles. The van der Waals surface area contributed by atoms with Gasteiger partial charge in [-0.3, -0.25) is 9.59 Å². The molecule has 19 heavy (non-hydrogen) atoms. The van der Waals surface area contributed by atoms with Crippen molar-refractivity contribution in [2.45, 2.75) is 18.9 Å². The third-order valence-corrected chi connectivity index (χ3v) is 3.02. The zero-order valence-electron chi connectivity index (χ0n) is 10.0. The second-order valence-corrected chi connectivity index (χ2v) is 4.42. The second kappa shape index (κ2) is 5.17. The van der Waals surface area contributed by atoms with E-state index < -0.39 is 23.7 Å². The Hall–Kier alpha value is -2.24. The van der Waals surface area contributed by atoms with E-state index in [1.165, 1.54) is 24.3 Å². The molecule has 1 aliphatic rings. The smallest absolute Gasteiger partial charge is 0.326 e. The molecule has 6 heteroatoms. The van der Waals surface area contributed by atoms with Crippen molar-refractivity contribution in [3.63, 3.8) is 0 Å². The molecule has 5 nitrogen and oxygen atoms in total. The Morgan fingerprint density at radius 1 is 1.32 bits per heavy atom. The van der Waals surface area contributed by atoms with E-state index >= 15 is 0 Å². The van der Waals surface area contributed by atoms with Gasteiger partial charge in [-0.25, -0.2) is 9.18 Å². The zero-order valence-corrected chi connectivity index (χ0v) is 10.0. The van der Waals surface area contributed by atoms with Crippen LogP contribution in [0.5, 0.6) is 0 Å². The third-order valence-electron chi connectivity index (χ3n) is 3.02. The van der Waals surface area contributed by atoms with Crippen molar-refractivity contribution < 1.29 is 23.9 Å². The van der Waals surface area contributed by atoms with Gasteiger partial charge in [-0.05, 0) is 17.7 Å². The van der Waals surface area contributed by atoms with Gasteiger partial charge < -0.3 is 10.0 Å². The van der Waals surface area contributed by atoms with Crippen molar-refractivity contribution in [2.24, 2.45) is 0 Å². The first-order chi connectivity index (χ1) is 8.97. The average molecular weight is 265 g/mol. The molecule has 0 radical (unpaired) electrons. The van der Waals surface area contributed by atoms with E-state index in [2.05, 4.69) is 0 Å². The maximum Gasteiger partial charge on any atom is 0.326 e. The predicted molar refractivity (Wildman–Crippen MR) is 62.9 cm³/mol. The van der Waals surface area contributed by atoms with Gasteiger partial charge in [-0.1, -0.05) is 12.1 Å². The van der Waals surface area contributed by atoms with E-state index in [4.69, 9.17) is 0 Å². The predicted octanol–water partition coefficient (Wildman–Crippen LogP) is 0.623. The van der Waals surface area contributed by atoms with Gasteiger partial charge in [-0.15, -0.1) is 0 Å². The lowest BCUT2D eigenvalue weighted by atomic mass is 10.0. The van der Waals surface area contributed by atoms with Crippen LogP contribution in [0.2, 0.25) is 0 Å². The summed E-state index contributed by atoms with van der Waals surface area (Å²) in [5.74, 6) is -2.34. The molecule has 0 aromatic heterocycles. The fourth-order valence-corrected chi connectivity index (χ4v) is 2.06. The highest BCUT2D eigenvalue weighted by molar-refractivity contribution is 6.06. The van der Waals surface area contributed by atoms with Crippen molar-refractivity contribution in [3.8, 4) is 0 Å². The van der Waals surface area contributed by atoms with Crippen LogP contribution in [-0.4, -0.2) is 40.3 Å². The largest absolute Gasteiger partial charge is 0.480 e. The van der Waals surface area contributed by atoms with E-state index in [0.717, 1.165) is 4.90 Å². The highest BCUT2D eigenvalue weighted by Crippen LogP contribution is 2.16. The minimum Gasteiger partial charge on any atom is -0.480 e. The first-order valence-corrected chi connectivity index (χ1v) is 5.76.